The van der Waals surface area contributed by atoms with Crippen molar-refractivity contribution in [1.82, 2.24) is 14.9 Å². The first-order chi connectivity index (χ1) is 9.65. The Morgan fingerprint density at radius 1 is 1.55 bits per heavy atom. The van der Waals surface area contributed by atoms with E-state index in [-0.39, 0.29) is 11.7 Å². The molecule has 6 nitrogen and oxygen atoms in total. The fourth-order valence-corrected chi connectivity index (χ4v) is 2.59. The third-order valence-corrected chi connectivity index (χ3v) is 3.54. The van der Waals surface area contributed by atoms with Crippen molar-refractivity contribution in [2.24, 2.45) is 0 Å². The minimum absolute atomic E-state index is 0.123. The van der Waals surface area contributed by atoms with E-state index in [0.29, 0.717) is 16.4 Å². The highest BCUT2D eigenvalue weighted by atomic mass is 35.5. The van der Waals surface area contributed by atoms with Gasteiger partial charge in [-0.1, -0.05) is 11.6 Å². The normalized spacial score (nSPS) is 16.6. The third kappa shape index (κ3) is 1.76. The number of aromatic nitrogens is 2. The Hall–Kier alpha value is -2.36. The Balaban J connectivity index is 2.16. The molecular weight excluding hydrogens is 278 g/mol. The molecule has 0 radical (unpaired) electrons. The number of nitrogens with zero attached hydrogens (tertiary/aromatic N) is 3. The summed E-state index contributed by atoms with van der Waals surface area (Å²) in [5.74, 6) is 0.114. The summed E-state index contributed by atoms with van der Waals surface area (Å²) in [4.78, 5) is 15.7. The standard InChI is InChI=1S/C13H10ClN5O/c1-16-12-7-4-8(14)10(5-9(7)18-13(12)20)19-3-2-17-11(19)6-15/h2-5,12,16H,1H3,(H,18,20). The Morgan fingerprint density at radius 3 is 3.05 bits per heavy atom. The zero-order chi connectivity index (χ0) is 14.3. The van der Waals surface area contributed by atoms with Crippen LogP contribution in [-0.2, 0) is 4.79 Å². The average Bonchev–Trinajstić information content (AvgIpc) is 3.00. The maximum absolute atomic E-state index is 11.8. The van der Waals surface area contributed by atoms with Gasteiger partial charge in [-0.05, 0) is 19.2 Å². The van der Waals surface area contributed by atoms with Crippen LogP contribution in [0, 0.1) is 11.3 Å². The zero-order valence-electron chi connectivity index (χ0n) is 10.5. The number of imidazole rings is 1. The van der Waals surface area contributed by atoms with Gasteiger partial charge in [0.15, 0.2) is 0 Å². The number of amides is 1. The number of hydrogen-bond donors (Lipinski definition) is 2. The fraction of sp³-hybridized carbons (Fsp3) is 0.154. The maximum Gasteiger partial charge on any atom is 0.246 e. The van der Waals surface area contributed by atoms with Gasteiger partial charge in [0, 0.05) is 23.6 Å². The molecule has 2 heterocycles. The fourth-order valence-electron chi connectivity index (χ4n) is 2.32. The number of hydrogen-bond acceptors (Lipinski definition) is 4. The van der Waals surface area contributed by atoms with Gasteiger partial charge in [0.05, 0.1) is 10.7 Å². The lowest BCUT2D eigenvalue weighted by Gasteiger charge is -2.11. The summed E-state index contributed by atoms with van der Waals surface area (Å²) in [6.45, 7) is 0. The minimum atomic E-state index is -0.408. The second-order valence-corrected chi connectivity index (χ2v) is 4.74. The molecule has 20 heavy (non-hydrogen) atoms. The van der Waals surface area contributed by atoms with Crippen molar-refractivity contribution in [1.29, 1.82) is 5.26 Å². The number of benzene rings is 1. The average molecular weight is 288 g/mol. The largest absolute Gasteiger partial charge is 0.324 e. The molecule has 3 rings (SSSR count). The lowest BCUT2D eigenvalue weighted by molar-refractivity contribution is -0.117. The Bertz CT molecular complexity index is 746. The van der Waals surface area contributed by atoms with Crippen LogP contribution in [0.1, 0.15) is 17.4 Å². The number of carbonyl (C=O) groups excluding carboxylic acids is 1. The Labute approximate surface area is 120 Å². The van der Waals surface area contributed by atoms with E-state index in [4.69, 9.17) is 16.9 Å². The topological polar surface area (TPSA) is 82.7 Å². The second-order valence-electron chi connectivity index (χ2n) is 4.33. The van der Waals surface area contributed by atoms with Gasteiger partial charge in [-0.15, -0.1) is 0 Å². The second kappa shape index (κ2) is 4.63. The molecule has 1 aliphatic rings. The first-order valence-corrected chi connectivity index (χ1v) is 6.29. The van der Waals surface area contributed by atoms with E-state index in [2.05, 4.69) is 15.6 Å². The van der Waals surface area contributed by atoms with Gasteiger partial charge in [0.25, 0.3) is 0 Å². The molecule has 0 fully saturated rings. The van der Waals surface area contributed by atoms with Crippen molar-refractivity contribution in [3.63, 3.8) is 0 Å². The molecule has 0 saturated carbocycles. The van der Waals surface area contributed by atoms with E-state index in [1.807, 2.05) is 6.07 Å². The van der Waals surface area contributed by atoms with E-state index in [0.717, 1.165) is 5.56 Å². The zero-order valence-corrected chi connectivity index (χ0v) is 11.3. The lowest BCUT2D eigenvalue weighted by Crippen LogP contribution is -2.23. The Kier molecular flexibility index (Phi) is 2.93. The quantitative estimate of drug-likeness (QED) is 0.879. The molecule has 100 valence electrons. The van der Waals surface area contributed by atoms with Crippen LogP contribution in [0.4, 0.5) is 5.69 Å². The highest BCUT2D eigenvalue weighted by Crippen LogP contribution is 2.36. The first-order valence-electron chi connectivity index (χ1n) is 5.91. The van der Waals surface area contributed by atoms with Crippen LogP contribution >= 0.6 is 11.6 Å². The van der Waals surface area contributed by atoms with Gasteiger partial charge in [-0.3, -0.25) is 9.36 Å². The summed E-state index contributed by atoms with van der Waals surface area (Å²) < 4.78 is 1.58. The third-order valence-electron chi connectivity index (χ3n) is 3.24. The summed E-state index contributed by atoms with van der Waals surface area (Å²) in [6, 6.07) is 5.06. The van der Waals surface area contributed by atoms with Crippen molar-refractivity contribution < 1.29 is 4.79 Å². The molecule has 1 aliphatic heterocycles. The molecule has 1 atom stereocenters. The van der Waals surface area contributed by atoms with E-state index in [9.17, 15) is 4.79 Å². The van der Waals surface area contributed by atoms with E-state index >= 15 is 0 Å². The monoisotopic (exact) mass is 287 g/mol. The predicted octanol–water partition coefficient (Wildman–Crippen LogP) is 1.61. The smallest absolute Gasteiger partial charge is 0.246 e. The van der Waals surface area contributed by atoms with Gasteiger partial charge in [0.1, 0.15) is 12.1 Å². The van der Waals surface area contributed by atoms with Gasteiger partial charge >= 0.3 is 0 Å². The molecule has 1 unspecified atom stereocenters. The first kappa shape index (κ1) is 12.7. The van der Waals surface area contributed by atoms with Crippen molar-refractivity contribution in [3.05, 3.63) is 40.9 Å². The maximum atomic E-state index is 11.8. The molecule has 1 aromatic carbocycles. The molecule has 0 bridgehead atoms. The highest BCUT2D eigenvalue weighted by Gasteiger charge is 2.30. The number of carbonyl (C=O) groups is 1. The number of rotatable bonds is 2. The van der Waals surface area contributed by atoms with E-state index < -0.39 is 6.04 Å². The number of nitriles is 1. The van der Waals surface area contributed by atoms with Crippen molar-refractivity contribution in [2.45, 2.75) is 6.04 Å². The molecule has 0 aliphatic carbocycles. The number of anilines is 1. The van der Waals surface area contributed by atoms with Gasteiger partial charge in [-0.2, -0.15) is 5.26 Å². The molecular formula is C13H10ClN5O. The summed E-state index contributed by atoms with van der Waals surface area (Å²) in [5.41, 5.74) is 2.09. The van der Waals surface area contributed by atoms with Gasteiger partial charge in [0.2, 0.25) is 11.7 Å². The Morgan fingerprint density at radius 2 is 2.35 bits per heavy atom. The van der Waals surface area contributed by atoms with Crippen LogP contribution in [-0.4, -0.2) is 22.5 Å². The number of fused-ring (bicyclic) bond motifs is 1. The molecule has 2 N–H and O–H groups in total. The molecule has 0 spiro atoms. The lowest BCUT2D eigenvalue weighted by atomic mass is 10.1. The van der Waals surface area contributed by atoms with Gasteiger partial charge in [-0.25, -0.2) is 4.98 Å². The van der Waals surface area contributed by atoms with Crippen LogP contribution in [0.3, 0.4) is 0 Å². The highest BCUT2D eigenvalue weighted by molar-refractivity contribution is 6.32. The molecule has 0 saturated heterocycles. The minimum Gasteiger partial charge on any atom is -0.324 e. The van der Waals surface area contributed by atoms with Crippen molar-refractivity contribution in [3.8, 4) is 11.8 Å². The van der Waals surface area contributed by atoms with Crippen molar-refractivity contribution >= 4 is 23.2 Å². The molecule has 1 aromatic heterocycles. The predicted molar refractivity (Wildman–Crippen MR) is 73.7 cm³/mol. The van der Waals surface area contributed by atoms with Crippen LogP contribution in [0.25, 0.3) is 5.69 Å². The summed E-state index contributed by atoms with van der Waals surface area (Å²) in [7, 11) is 1.71. The summed E-state index contributed by atoms with van der Waals surface area (Å²) in [6.07, 6.45) is 3.18. The van der Waals surface area contributed by atoms with Crippen LogP contribution in [0.5, 0.6) is 0 Å². The van der Waals surface area contributed by atoms with E-state index in [1.165, 1.54) is 6.20 Å². The summed E-state index contributed by atoms with van der Waals surface area (Å²) >= 11 is 6.27. The van der Waals surface area contributed by atoms with Crippen LogP contribution in [0.2, 0.25) is 5.02 Å². The van der Waals surface area contributed by atoms with Crippen LogP contribution in [0.15, 0.2) is 24.5 Å². The van der Waals surface area contributed by atoms with Crippen molar-refractivity contribution in [2.75, 3.05) is 12.4 Å². The summed E-state index contributed by atoms with van der Waals surface area (Å²) in [5, 5.41) is 15.2. The number of halogens is 1. The number of likely N-dealkylation sites (N-methyl/N-ethyl adjacent to an activating group) is 1. The molecule has 2 aromatic rings. The van der Waals surface area contributed by atoms with E-state index in [1.54, 1.807) is 29.9 Å². The SMILES string of the molecule is CNC1C(=O)Nc2cc(-n3ccnc3C#N)c(Cl)cc21. The number of nitrogens with one attached hydrogen (secondary N) is 2. The molecule has 1 amide bonds. The van der Waals surface area contributed by atoms with Crippen LogP contribution < -0.4 is 10.6 Å². The molecule has 7 heteroatoms. The van der Waals surface area contributed by atoms with Gasteiger partial charge < -0.3 is 10.6 Å².